The van der Waals surface area contributed by atoms with Crippen LogP contribution in [0, 0.1) is 13.8 Å². The summed E-state index contributed by atoms with van der Waals surface area (Å²) in [6.45, 7) is 4.53. The molecule has 0 nitrogen and oxygen atoms in total. The molecule has 0 aromatic heterocycles. The lowest BCUT2D eigenvalue weighted by molar-refractivity contribution is 0.810. The predicted octanol–water partition coefficient (Wildman–Crippen LogP) is 5.62. The van der Waals surface area contributed by atoms with Gasteiger partial charge in [0.15, 0.2) is 0 Å². The van der Waals surface area contributed by atoms with E-state index in [1.54, 1.807) is 0 Å². The average molecular weight is 300 g/mol. The van der Waals surface area contributed by atoms with Crippen LogP contribution in [0.3, 0.4) is 0 Å². The zero-order chi connectivity index (χ0) is 15.8. The van der Waals surface area contributed by atoms with Crippen LogP contribution in [-0.2, 0) is 25.7 Å². The quantitative estimate of drug-likeness (QED) is 0.687. The van der Waals surface area contributed by atoms with Crippen molar-refractivity contribution in [2.45, 2.75) is 46.0 Å². The van der Waals surface area contributed by atoms with Gasteiger partial charge in [-0.15, -0.1) is 0 Å². The van der Waals surface area contributed by atoms with Crippen molar-refractivity contribution >= 4 is 12.2 Å². The van der Waals surface area contributed by atoms with E-state index in [0.29, 0.717) is 0 Å². The topological polar surface area (TPSA) is 0 Å². The van der Waals surface area contributed by atoms with Crippen molar-refractivity contribution in [2.75, 3.05) is 0 Å². The number of fused-ring (bicyclic) bond motifs is 2. The van der Waals surface area contributed by atoms with Crippen LogP contribution in [0.1, 0.15) is 50.9 Å². The lowest BCUT2D eigenvalue weighted by atomic mass is 9.93. The van der Waals surface area contributed by atoms with Gasteiger partial charge in [-0.25, -0.2) is 0 Å². The Morgan fingerprint density at radius 3 is 1.65 bits per heavy atom. The molecule has 0 radical (unpaired) electrons. The summed E-state index contributed by atoms with van der Waals surface area (Å²) in [5.74, 6) is 0. The van der Waals surface area contributed by atoms with Gasteiger partial charge in [-0.1, -0.05) is 48.6 Å². The Balaban J connectivity index is 1.46. The Morgan fingerprint density at radius 2 is 1.17 bits per heavy atom. The van der Waals surface area contributed by atoms with Gasteiger partial charge in [0.2, 0.25) is 0 Å². The van der Waals surface area contributed by atoms with Crippen LogP contribution < -0.4 is 0 Å². The van der Waals surface area contributed by atoms with Crippen LogP contribution in [0.15, 0.2) is 36.4 Å². The van der Waals surface area contributed by atoms with Gasteiger partial charge in [-0.2, -0.15) is 0 Å². The van der Waals surface area contributed by atoms with Gasteiger partial charge < -0.3 is 0 Å². The fourth-order valence-corrected chi connectivity index (χ4v) is 3.96. The SMILES string of the molecule is Cc1cc2c(cc1CCCc1cc3c(cc1C)CC=C3)C=CC2. The maximum Gasteiger partial charge on any atom is -0.00881 e. The number of rotatable bonds is 4. The molecule has 0 spiro atoms. The molecule has 0 saturated heterocycles. The standard InChI is InChI=1S/C23H24/c1-16-12-20-8-4-10-22(20)14-18(16)6-3-7-19-15-23-11-5-9-21(23)13-17(19)2/h4-5,10-15H,3,6-9H2,1-2H3. The highest BCUT2D eigenvalue weighted by Gasteiger charge is 2.11. The molecule has 2 aliphatic carbocycles. The molecule has 0 N–H and O–H groups in total. The zero-order valence-electron chi connectivity index (χ0n) is 14.2. The molecule has 116 valence electrons. The molecule has 0 atom stereocenters. The molecular formula is C23H24. The van der Waals surface area contributed by atoms with Gasteiger partial charge in [0, 0.05) is 0 Å². The molecule has 2 aromatic rings. The summed E-state index contributed by atoms with van der Waals surface area (Å²) in [6.07, 6.45) is 14.9. The van der Waals surface area contributed by atoms with Crippen molar-refractivity contribution < 1.29 is 0 Å². The average Bonchev–Trinajstić information content (AvgIpc) is 3.15. The Morgan fingerprint density at radius 1 is 0.696 bits per heavy atom. The van der Waals surface area contributed by atoms with E-state index in [4.69, 9.17) is 0 Å². The summed E-state index contributed by atoms with van der Waals surface area (Å²) >= 11 is 0. The van der Waals surface area contributed by atoms with Crippen LogP contribution in [-0.4, -0.2) is 0 Å². The minimum absolute atomic E-state index is 1.11. The number of hydrogen-bond acceptors (Lipinski definition) is 0. The molecule has 2 aromatic carbocycles. The van der Waals surface area contributed by atoms with Crippen LogP contribution in [0.4, 0.5) is 0 Å². The summed E-state index contributed by atoms with van der Waals surface area (Å²) < 4.78 is 0. The first-order valence-electron chi connectivity index (χ1n) is 8.78. The van der Waals surface area contributed by atoms with E-state index in [2.05, 4.69) is 62.4 Å². The first kappa shape index (κ1) is 14.5. The lowest BCUT2D eigenvalue weighted by Gasteiger charge is -2.12. The van der Waals surface area contributed by atoms with Crippen LogP contribution in [0.5, 0.6) is 0 Å². The maximum absolute atomic E-state index is 2.41. The second-order valence-electron chi connectivity index (χ2n) is 7.02. The number of aryl methyl sites for hydroxylation is 4. The molecule has 0 amide bonds. The van der Waals surface area contributed by atoms with Crippen molar-refractivity contribution in [3.63, 3.8) is 0 Å². The fraction of sp³-hybridized carbons (Fsp3) is 0.304. The second-order valence-corrected chi connectivity index (χ2v) is 7.02. The van der Waals surface area contributed by atoms with Crippen LogP contribution in [0.2, 0.25) is 0 Å². The first-order valence-corrected chi connectivity index (χ1v) is 8.78. The molecule has 0 bridgehead atoms. The van der Waals surface area contributed by atoms with Crippen molar-refractivity contribution in [1.29, 1.82) is 0 Å². The first-order chi connectivity index (χ1) is 11.2. The van der Waals surface area contributed by atoms with Gasteiger partial charge >= 0.3 is 0 Å². The van der Waals surface area contributed by atoms with Crippen LogP contribution in [0.25, 0.3) is 12.2 Å². The van der Waals surface area contributed by atoms with Crippen LogP contribution >= 0.6 is 0 Å². The van der Waals surface area contributed by atoms with E-state index in [1.165, 1.54) is 63.8 Å². The Labute approximate surface area is 139 Å². The lowest BCUT2D eigenvalue weighted by Crippen LogP contribution is -1.98. The van der Waals surface area contributed by atoms with Gasteiger partial charge in [0.25, 0.3) is 0 Å². The van der Waals surface area contributed by atoms with Gasteiger partial charge in [-0.05, 0) is 90.5 Å². The van der Waals surface area contributed by atoms with Crippen molar-refractivity contribution in [3.05, 3.63) is 80.9 Å². The highest BCUT2D eigenvalue weighted by molar-refractivity contribution is 5.62. The minimum Gasteiger partial charge on any atom is -0.0795 e. The summed E-state index contributed by atoms with van der Waals surface area (Å²) in [4.78, 5) is 0. The third-order valence-electron chi connectivity index (χ3n) is 5.36. The van der Waals surface area contributed by atoms with Crippen molar-refractivity contribution in [2.24, 2.45) is 0 Å². The largest absolute Gasteiger partial charge is 0.0795 e. The van der Waals surface area contributed by atoms with Gasteiger partial charge in [0.1, 0.15) is 0 Å². The minimum atomic E-state index is 1.11. The van der Waals surface area contributed by atoms with Gasteiger partial charge in [0.05, 0.1) is 0 Å². The smallest absolute Gasteiger partial charge is 0.00881 e. The summed E-state index contributed by atoms with van der Waals surface area (Å²) in [5.41, 5.74) is 11.8. The maximum atomic E-state index is 2.41. The predicted molar refractivity (Wildman–Crippen MR) is 99.9 cm³/mol. The van der Waals surface area contributed by atoms with Crippen molar-refractivity contribution in [3.8, 4) is 0 Å². The molecule has 2 aliphatic rings. The van der Waals surface area contributed by atoms with Crippen molar-refractivity contribution in [1.82, 2.24) is 0 Å². The highest BCUT2D eigenvalue weighted by atomic mass is 14.2. The highest BCUT2D eigenvalue weighted by Crippen LogP contribution is 2.26. The molecule has 23 heavy (non-hydrogen) atoms. The Hall–Kier alpha value is -2.08. The molecule has 4 rings (SSSR count). The number of hydrogen-bond donors (Lipinski definition) is 0. The summed E-state index contributed by atoms with van der Waals surface area (Å²) in [5, 5.41) is 0. The normalized spacial score (nSPS) is 14.3. The van der Waals surface area contributed by atoms with E-state index >= 15 is 0 Å². The molecule has 0 saturated carbocycles. The van der Waals surface area contributed by atoms with E-state index < -0.39 is 0 Å². The molecular weight excluding hydrogens is 276 g/mol. The third-order valence-corrected chi connectivity index (χ3v) is 5.36. The second kappa shape index (κ2) is 5.85. The Kier molecular flexibility index (Phi) is 3.69. The van der Waals surface area contributed by atoms with E-state index in [0.717, 1.165) is 12.8 Å². The van der Waals surface area contributed by atoms with E-state index in [-0.39, 0.29) is 0 Å². The molecule has 0 fully saturated rings. The zero-order valence-corrected chi connectivity index (χ0v) is 14.2. The third kappa shape index (κ3) is 2.79. The fourth-order valence-electron chi connectivity index (χ4n) is 3.96. The molecule has 0 heterocycles. The molecule has 0 aliphatic heterocycles. The Bertz CT molecular complexity index is 749. The molecule has 0 heteroatoms. The van der Waals surface area contributed by atoms with E-state index in [1.807, 2.05) is 0 Å². The number of benzene rings is 2. The van der Waals surface area contributed by atoms with E-state index in [9.17, 15) is 0 Å². The molecule has 0 unspecified atom stereocenters. The van der Waals surface area contributed by atoms with Gasteiger partial charge in [-0.3, -0.25) is 0 Å². The number of allylic oxidation sites excluding steroid dienone is 2. The summed E-state index contributed by atoms with van der Waals surface area (Å²) in [6, 6.07) is 9.59. The summed E-state index contributed by atoms with van der Waals surface area (Å²) in [7, 11) is 0. The monoisotopic (exact) mass is 300 g/mol.